The van der Waals surface area contributed by atoms with Crippen molar-refractivity contribution in [2.45, 2.75) is 25.9 Å². The van der Waals surface area contributed by atoms with Gasteiger partial charge < -0.3 is 14.4 Å². The number of hydrogen-bond acceptors (Lipinski definition) is 6. The molecule has 1 aliphatic rings. The molecule has 34 heavy (non-hydrogen) atoms. The first kappa shape index (κ1) is 22.0. The van der Waals surface area contributed by atoms with Gasteiger partial charge in [0.25, 0.3) is 5.91 Å². The zero-order chi connectivity index (χ0) is 23.3. The van der Waals surface area contributed by atoms with Crippen LogP contribution in [0.15, 0.2) is 67.1 Å². The molecule has 1 aliphatic heterocycles. The van der Waals surface area contributed by atoms with Gasteiger partial charge in [-0.05, 0) is 30.7 Å². The zero-order valence-electron chi connectivity index (χ0n) is 19.1. The summed E-state index contributed by atoms with van der Waals surface area (Å²) in [6, 6.07) is 17.6. The number of rotatable bonds is 7. The Kier molecular flexibility index (Phi) is 6.49. The van der Waals surface area contributed by atoms with Crippen LogP contribution in [0.4, 0.5) is 0 Å². The van der Waals surface area contributed by atoms with Crippen LogP contribution in [0.25, 0.3) is 16.6 Å². The summed E-state index contributed by atoms with van der Waals surface area (Å²) in [7, 11) is 0. The maximum absolute atomic E-state index is 13.5. The zero-order valence-corrected chi connectivity index (χ0v) is 19.1. The molecule has 0 spiro atoms. The van der Waals surface area contributed by atoms with Crippen LogP contribution < -0.4 is 4.74 Å². The molecule has 2 aromatic heterocycles. The molecule has 8 heteroatoms. The summed E-state index contributed by atoms with van der Waals surface area (Å²) in [6.45, 7) is 3.85. The number of benzene rings is 2. The van der Waals surface area contributed by atoms with Crippen LogP contribution in [0.1, 0.15) is 29.4 Å². The molecule has 174 valence electrons. The Labute approximate surface area is 198 Å². The second kappa shape index (κ2) is 10.0. The molecule has 0 saturated carbocycles. The summed E-state index contributed by atoms with van der Waals surface area (Å²) < 4.78 is 13.8. The molecular formula is C26H27N5O3. The van der Waals surface area contributed by atoms with Crippen LogP contribution >= 0.6 is 0 Å². The van der Waals surface area contributed by atoms with Crippen molar-refractivity contribution < 1.29 is 14.3 Å². The highest BCUT2D eigenvalue weighted by Gasteiger charge is 2.29. The highest BCUT2D eigenvalue weighted by Crippen LogP contribution is 2.22. The molecule has 0 N–H and O–H groups in total. The number of fused-ring (bicyclic) bond motifs is 1. The summed E-state index contributed by atoms with van der Waals surface area (Å²) in [5, 5.41) is 5.40. The van der Waals surface area contributed by atoms with Gasteiger partial charge in [0.05, 0.1) is 47.2 Å². The lowest BCUT2D eigenvalue weighted by Gasteiger charge is -2.32. The fourth-order valence-electron chi connectivity index (χ4n) is 4.26. The number of carbonyl (C=O) groups excluding carboxylic acids is 1. The molecule has 0 radical (unpaired) electrons. The van der Waals surface area contributed by atoms with Crippen molar-refractivity contribution in [2.24, 2.45) is 0 Å². The van der Waals surface area contributed by atoms with E-state index in [9.17, 15) is 4.79 Å². The van der Waals surface area contributed by atoms with E-state index in [0.717, 1.165) is 35.1 Å². The van der Waals surface area contributed by atoms with E-state index in [0.29, 0.717) is 37.7 Å². The fourth-order valence-corrected chi connectivity index (χ4v) is 4.26. The van der Waals surface area contributed by atoms with E-state index in [1.807, 2.05) is 64.2 Å². The minimum Gasteiger partial charge on any atom is -0.474 e. The van der Waals surface area contributed by atoms with Gasteiger partial charge >= 0.3 is 0 Å². The lowest BCUT2D eigenvalue weighted by atomic mass is 10.1. The molecule has 0 aliphatic carbocycles. The Balaban J connectivity index is 1.30. The number of aromatic nitrogens is 4. The second-order valence-electron chi connectivity index (χ2n) is 8.25. The van der Waals surface area contributed by atoms with E-state index in [1.165, 1.54) is 6.33 Å². The first-order valence-electron chi connectivity index (χ1n) is 11.6. The molecule has 5 rings (SSSR count). The minimum absolute atomic E-state index is 0.0218. The van der Waals surface area contributed by atoms with Gasteiger partial charge in [-0.3, -0.25) is 4.79 Å². The standard InChI is InChI=1S/C26H27N5O3/c1-2-8-24-22(15-29-31(24)19-9-4-3-5-10-19)26(32)30-13-14-33-20(16-30)17-34-25-21-11-6-7-12-23(21)27-18-28-25/h3-7,9-12,15,18,20H,2,8,13-14,16-17H2,1H3. The maximum atomic E-state index is 13.5. The van der Waals surface area contributed by atoms with E-state index in [4.69, 9.17) is 9.47 Å². The van der Waals surface area contributed by atoms with Crippen molar-refractivity contribution in [3.05, 3.63) is 78.4 Å². The molecule has 1 fully saturated rings. The summed E-state index contributed by atoms with van der Waals surface area (Å²) in [4.78, 5) is 23.9. The second-order valence-corrected chi connectivity index (χ2v) is 8.25. The topological polar surface area (TPSA) is 82.4 Å². The van der Waals surface area contributed by atoms with Crippen molar-refractivity contribution in [2.75, 3.05) is 26.3 Å². The molecule has 2 aromatic carbocycles. The Morgan fingerprint density at radius 1 is 1.12 bits per heavy atom. The summed E-state index contributed by atoms with van der Waals surface area (Å²) in [6.07, 6.45) is 4.63. The minimum atomic E-state index is -0.245. The number of carbonyl (C=O) groups is 1. The smallest absolute Gasteiger partial charge is 0.257 e. The molecule has 0 bridgehead atoms. The van der Waals surface area contributed by atoms with Gasteiger partial charge in [-0.2, -0.15) is 5.10 Å². The van der Waals surface area contributed by atoms with Crippen molar-refractivity contribution in [1.82, 2.24) is 24.6 Å². The van der Waals surface area contributed by atoms with E-state index in [-0.39, 0.29) is 12.0 Å². The van der Waals surface area contributed by atoms with Gasteiger partial charge in [0.15, 0.2) is 0 Å². The molecule has 3 heterocycles. The normalized spacial score (nSPS) is 16.0. The summed E-state index contributed by atoms with van der Waals surface area (Å²) in [5.74, 6) is 0.499. The molecule has 1 unspecified atom stereocenters. The van der Waals surface area contributed by atoms with E-state index >= 15 is 0 Å². The largest absolute Gasteiger partial charge is 0.474 e. The highest BCUT2D eigenvalue weighted by molar-refractivity contribution is 5.95. The van der Waals surface area contributed by atoms with Crippen LogP contribution in [0.3, 0.4) is 0 Å². The van der Waals surface area contributed by atoms with Crippen molar-refractivity contribution >= 4 is 16.8 Å². The molecule has 1 amide bonds. The van der Waals surface area contributed by atoms with Crippen molar-refractivity contribution in [3.63, 3.8) is 0 Å². The van der Waals surface area contributed by atoms with Gasteiger partial charge in [0.1, 0.15) is 19.0 Å². The van der Waals surface area contributed by atoms with Crippen LogP contribution in [0, 0.1) is 0 Å². The third-order valence-corrected chi connectivity index (χ3v) is 5.93. The predicted molar refractivity (Wildman–Crippen MR) is 128 cm³/mol. The lowest BCUT2D eigenvalue weighted by Crippen LogP contribution is -2.47. The SMILES string of the molecule is CCCc1c(C(=O)N2CCOC(COc3ncnc4ccccc34)C2)cnn1-c1ccccc1. The van der Waals surface area contributed by atoms with Crippen LogP contribution in [0.5, 0.6) is 5.88 Å². The number of amides is 1. The van der Waals surface area contributed by atoms with Crippen LogP contribution in [-0.4, -0.2) is 63.0 Å². The summed E-state index contributed by atoms with van der Waals surface area (Å²) in [5.41, 5.74) is 3.36. The van der Waals surface area contributed by atoms with Crippen molar-refractivity contribution in [3.8, 4) is 11.6 Å². The predicted octanol–water partition coefficient (Wildman–Crippen LogP) is 3.69. The molecular weight excluding hydrogens is 430 g/mol. The van der Waals surface area contributed by atoms with Gasteiger partial charge in [-0.1, -0.05) is 43.7 Å². The Morgan fingerprint density at radius 3 is 2.79 bits per heavy atom. The van der Waals surface area contributed by atoms with E-state index in [2.05, 4.69) is 22.0 Å². The van der Waals surface area contributed by atoms with Gasteiger partial charge in [0, 0.05) is 6.54 Å². The number of morpholine rings is 1. The number of nitrogens with zero attached hydrogens (tertiary/aromatic N) is 5. The Morgan fingerprint density at radius 2 is 1.94 bits per heavy atom. The van der Waals surface area contributed by atoms with Gasteiger partial charge in [-0.15, -0.1) is 0 Å². The third-order valence-electron chi connectivity index (χ3n) is 5.93. The van der Waals surface area contributed by atoms with Crippen LogP contribution in [0.2, 0.25) is 0 Å². The quantitative estimate of drug-likeness (QED) is 0.421. The third kappa shape index (κ3) is 4.49. The lowest BCUT2D eigenvalue weighted by molar-refractivity contribution is -0.0405. The molecule has 1 saturated heterocycles. The molecule has 8 nitrogen and oxygen atoms in total. The fraction of sp³-hybridized carbons (Fsp3) is 0.308. The number of ether oxygens (including phenoxy) is 2. The molecule has 1 atom stereocenters. The Hall–Kier alpha value is -3.78. The Bertz CT molecular complexity index is 1270. The first-order valence-corrected chi connectivity index (χ1v) is 11.6. The van der Waals surface area contributed by atoms with Crippen LogP contribution in [-0.2, 0) is 11.2 Å². The van der Waals surface area contributed by atoms with Gasteiger partial charge in [-0.25, -0.2) is 14.6 Å². The average molecular weight is 458 g/mol. The first-order chi connectivity index (χ1) is 16.7. The van der Waals surface area contributed by atoms with E-state index in [1.54, 1.807) is 6.20 Å². The summed E-state index contributed by atoms with van der Waals surface area (Å²) >= 11 is 0. The van der Waals surface area contributed by atoms with Crippen molar-refractivity contribution in [1.29, 1.82) is 0 Å². The highest BCUT2D eigenvalue weighted by atomic mass is 16.5. The monoisotopic (exact) mass is 457 g/mol. The number of hydrogen-bond donors (Lipinski definition) is 0. The molecule has 4 aromatic rings. The number of para-hydroxylation sites is 2. The van der Waals surface area contributed by atoms with Gasteiger partial charge in [0.2, 0.25) is 5.88 Å². The maximum Gasteiger partial charge on any atom is 0.257 e. The average Bonchev–Trinajstić information content (AvgIpc) is 3.31. The van der Waals surface area contributed by atoms with E-state index < -0.39 is 0 Å².